The van der Waals surface area contributed by atoms with Crippen LogP contribution in [0.2, 0.25) is 0 Å². The summed E-state index contributed by atoms with van der Waals surface area (Å²) in [5.74, 6) is 0.398. The molecule has 1 heterocycles. The molecule has 0 saturated heterocycles. The summed E-state index contributed by atoms with van der Waals surface area (Å²) in [6, 6.07) is 0. The molecule has 6 heteroatoms. The van der Waals surface area contributed by atoms with E-state index in [9.17, 15) is 0 Å². The van der Waals surface area contributed by atoms with Crippen LogP contribution in [0.3, 0.4) is 0 Å². The van der Waals surface area contributed by atoms with E-state index in [-0.39, 0.29) is 0 Å². The largest absolute Gasteiger partial charge is 0.385 e. The monoisotopic (exact) mass is 233 g/mol. The summed E-state index contributed by atoms with van der Waals surface area (Å²) < 4.78 is 12.0. The zero-order valence-electron chi connectivity index (χ0n) is 8.86. The molecule has 0 aromatic carbocycles. The number of aromatic nitrogens is 3. The van der Waals surface area contributed by atoms with Crippen molar-refractivity contribution in [3.63, 3.8) is 0 Å². The Labute approximate surface area is 94.3 Å². The summed E-state index contributed by atoms with van der Waals surface area (Å²) in [6.45, 7) is 2.79. The summed E-state index contributed by atoms with van der Waals surface area (Å²) in [5.41, 5.74) is 0.788. The maximum atomic E-state index is 5.60. The van der Waals surface area contributed by atoms with Crippen LogP contribution in [0.1, 0.15) is 12.1 Å². The summed E-state index contributed by atoms with van der Waals surface area (Å²) in [5, 5.41) is 7.77. The summed E-state index contributed by atoms with van der Waals surface area (Å²) in [4.78, 5) is 0. The Kier molecular flexibility index (Phi) is 6.31. The Balaban J connectivity index is 2.04. The van der Waals surface area contributed by atoms with E-state index in [0.29, 0.717) is 25.6 Å². The normalized spacial score (nSPS) is 10.8. The minimum atomic E-state index is 0.398. The molecule has 0 aliphatic rings. The highest BCUT2D eigenvalue weighted by molar-refractivity contribution is 6.16. The van der Waals surface area contributed by atoms with Crippen LogP contribution >= 0.6 is 11.6 Å². The first-order valence-electron chi connectivity index (χ1n) is 4.88. The van der Waals surface area contributed by atoms with Crippen molar-refractivity contribution in [3.8, 4) is 0 Å². The molecular weight excluding hydrogens is 218 g/mol. The van der Waals surface area contributed by atoms with Crippen LogP contribution in [0.15, 0.2) is 6.20 Å². The first kappa shape index (κ1) is 12.4. The molecule has 1 rings (SSSR count). The molecule has 0 unspecified atom stereocenters. The van der Waals surface area contributed by atoms with Crippen LogP contribution in [-0.2, 0) is 21.9 Å². The van der Waals surface area contributed by atoms with Gasteiger partial charge in [-0.1, -0.05) is 5.21 Å². The van der Waals surface area contributed by atoms with Crippen LogP contribution < -0.4 is 0 Å². The van der Waals surface area contributed by atoms with E-state index in [1.807, 2.05) is 6.20 Å². The number of rotatable bonds is 8. The third kappa shape index (κ3) is 5.11. The fraction of sp³-hybridized carbons (Fsp3) is 0.778. The lowest BCUT2D eigenvalue weighted by atomic mass is 10.5. The first-order valence-corrected chi connectivity index (χ1v) is 5.42. The van der Waals surface area contributed by atoms with Gasteiger partial charge in [0.15, 0.2) is 0 Å². The Morgan fingerprint density at radius 1 is 1.40 bits per heavy atom. The molecule has 0 aliphatic carbocycles. The van der Waals surface area contributed by atoms with E-state index in [4.69, 9.17) is 21.1 Å². The number of alkyl halides is 1. The molecule has 0 saturated carbocycles. The molecule has 0 fully saturated rings. The molecular formula is C9H16ClN3O2. The van der Waals surface area contributed by atoms with Gasteiger partial charge in [0.2, 0.25) is 0 Å². The van der Waals surface area contributed by atoms with E-state index in [1.54, 1.807) is 11.8 Å². The van der Waals surface area contributed by atoms with Crippen molar-refractivity contribution in [2.24, 2.45) is 0 Å². The average molecular weight is 234 g/mol. The molecule has 15 heavy (non-hydrogen) atoms. The molecule has 86 valence electrons. The summed E-state index contributed by atoms with van der Waals surface area (Å²) in [6.07, 6.45) is 2.74. The predicted octanol–water partition coefficient (Wildman–Crippen LogP) is 1.07. The van der Waals surface area contributed by atoms with Crippen molar-refractivity contribution < 1.29 is 9.47 Å². The molecule has 1 aromatic rings. The van der Waals surface area contributed by atoms with Crippen molar-refractivity contribution in [1.82, 2.24) is 15.0 Å². The molecule has 1 aromatic heterocycles. The maximum absolute atomic E-state index is 5.60. The fourth-order valence-corrected chi connectivity index (χ4v) is 1.20. The topological polar surface area (TPSA) is 49.2 Å². The van der Waals surface area contributed by atoms with E-state index in [1.165, 1.54) is 0 Å². The van der Waals surface area contributed by atoms with Gasteiger partial charge in [-0.2, -0.15) is 0 Å². The highest BCUT2D eigenvalue weighted by Gasteiger charge is 1.98. The lowest BCUT2D eigenvalue weighted by Crippen LogP contribution is -2.08. The highest BCUT2D eigenvalue weighted by atomic mass is 35.5. The van der Waals surface area contributed by atoms with Crippen LogP contribution in [0, 0.1) is 0 Å². The van der Waals surface area contributed by atoms with Gasteiger partial charge in [0.1, 0.15) is 0 Å². The van der Waals surface area contributed by atoms with Crippen LogP contribution in [0.4, 0.5) is 0 Å². The third-order valence-electron chi connectivity index (χ3n) is 1.82. The Hall–Kier alpha value is -0.650. The van der Waals surface area contributed by atoms with E-state index < -0.39 is 0 Å². The molecule has 0 aliphatic heterocycles. The smallest absolute Gasteiger partial charge is 0.0974 e. The lowest BCUT2D eigenvalue weighted by molar-refractivity contribution is 0.0958. The van der Waals surface area contributed by atoms with Gasteiger partial charge in [-0.3, -0.25) is 0 Å². The Morgan fingerprint density at radius 3 is 2.93 bits per heavy atom. The Bertz CT molecular complexity index is 268. The third-order valence-corrected chi connectivity index (χ3v) is 2.10. The Morgan fingerprint density at radius 2 is 2.27 bits per heavy atom. The van der Waals surface area contributed by atoms with Gasteiger partial charge in [-0.15, -0.1) is 16.7 Å². The van der Waals surface area contributed by atoms with Gasteiger partial charge in [-0.25, -0.2) is 4.68 Å². The van der Waals surface area contributed by atoms with Gasteiger partial charge in [-0.05, 0) is 6.42 Å². The second kappa shape index (κ2) is 7.62. The number of nitrogens with zero attached hydrogens (tertiary/aromatic N) is 3. The van der Waals surface area contributed by atoms with E-state index in [0.717, 1.165) is 18.7 Å². The molecule has 0 spiro atoms. The molecule has 0 bridgehead atoms. The quantitative estimate of drug-likeness (QED) is 0.498. The molecule has 0 radical (unpaired) electrons. The minimum Gasteiger partial charge on any atom is -0.385 e. The lowest BCUT2D eigenvalue weighted by Gasteiger charge is -2.03. The second-order valence-electron chi connectivity index (χ2n) is 3.07. The minimum absolute atomic E-state index is 0.398. The molecule has 5 nitrogen and oxygen atoms in total. The van der Waals surface area contributed by atoms with E-state index >= 15 is 0 Å². The van der Waals surface area contributed by atoms with Gasteiger partial charge < -0.3 is 9.47 Å². The summed E-state index contributed by atoms with van der Waals surface area (Å²) in [7, 11) is 1.68. The molecule has 0 N–H and O–H groups in total. The van der Waals surface area contributed by atoms with Gasteiger partial charge >= 0.3 is 0 Å². The molecule has 0 atom stereocenters. The fourth-order valence-electron chi connectivity index (χ4n) is 1.07. The van der Waals surface area contributed by atoms with Crippen molar-refractivity contribution in [2.75, 3.05) is 26.9 Å². The number of hydrogen-bond donors (Lipinski definition) is 0. The predicted molar refractivity (Wildman–Crippen MR) is 56.9 cm³/mol. The van der Waals surface area contributed by atoms with Crippen molar-refractivity contribution >= 4 is 11.6 Å². The van der Waals surface area contributed by atoms with E-state index in [2.05, 4.69) is 10.3 Å². The standard InChI is InChI=1S/C9H16ClN3O2/c1-14-4-2-5-15-6-3-13-8-9(7-10)11-12-13/h8H,2-7H2,1H3. The van der Waals surface area contributed by atoms with Crippen molar-refractivity contribution in [3.05, 3.63) is 11.9 Å². The highest BCUT2D eigenvalue weighted by Crippen LogP contribution is 1.97. The zero-order valence-corrected chi connectivity index (χ0v) is 9.61. The van der Waals surface area contributed by atoms with Crippen LogP contribution in [0.25, 0.3) is 0 Å². The summed E-state index contributed by atoms with van der Waals surface area (Å²) >= 11 is 5.60. The molecule has 0 amide bonds. The van der Waals surface area contributed by atoms with Crippen molar-refractivity contribution in [2.45, 2.75) is 18.8 Å². The first-order chi connectivity index (χ1) is 7.36. The van der Waals surface area contributed by atoms with Crippen LogP contribution in [-0.4, -0.2) is 41.9 Å². The average Bonchev–Trinajstić information content (AvgIpc) is 2.71. The number of hydrogen-bond acceptors (Lipinski definition) is 4. The maximum Gasteiger partial charge on any atom is 0.0974 e. The zero-order chi connectivity index (χ0) is 10.9. The SMILES string of the molecule is COCCCOCCn1cc(CCl)nn1. The number of halogens is 1. The van der Waals surface area contributed by atoms with Gasteiger partial charge in [0.05, 0.1) is 24.7 Å². The number of methoxy groups -OCH3 is 1. The van der Waals surface area contributed by atoms with Crippen molar-refractivity contribution in [1.29, 1.82) is 0 Å². The van der Waals surface area contributed by atoms with Gasteiger partial charge in [0, 0.05) is 26.5 Å². The number of ether oxygens (including phenoxy) is 2. The van der Waals surface area contributed by atoms with Gasteiger partial charge in [0.25, 0.3) is 0 Å². The second-order valence-corrected chi connectivity index (χ2v) is 3.33. The van der Waals surface area contributed by atoms with Crippen LogP contribution in [0.5, 0.6) is 0 Å².